The standard InChI is InChI=1S/C24H28N2O4S2/c1-15-16(2)32-24(25-23(27)20-6-5-13-31-20)21(15)22(26-9-11-30-12-10-26)18-8-7-17(28-3)14-19(18)29-4/h5-8,13-14,22H,9-12H2,1-4H3,(H,25,27)/t22-/m0/s1. The first-order chi connectivity index (χ1) is 15.5. The molecule has 170 valence electrons. The zero-order valence-electron chi connectivity index (χ0n) is 18.8. The van der Waals surface area contributed by atoms with E-state index in [2.05, 4.69) is 30.1 Å². The molecule has 1 aliphatic heterocycles. The molecule has 0 bridgehead atoms. The summed E-state index contributed by atoms with van der Waals surface area (Å²) in [5, 5.41) is 5.99. The Hall–Kier alpha value is -2.39. The number of anilines is 1. The minimum absolute atomic E-state index is 0.0788. The molecule has 0 aliphatic carbocycles. The second-order valence-electron chi connectivity index (χ2n) is 7.62. The summed E-state index contributed by atoms with van der Waals surface area (Å²) in [4.78, 5) is 17.2. The lowest BCUT2D eigenvalue weighted by Crippen LogP contribution is -2.40. The lowest BCUT2D eigenvalue weighted by molar-refractivity contribution is 0.0236. The van der Waals surface area contributed by atoms with Gasteiger partial charge in [-0.2, -0.15) is 0 Å². The number of amides is 1. The number of morpholine rings is 1. The lowest BCUT2D eigenvalue weighted by atomic mass is 9.93. The molecular formula is C24H28N2O4S2. The van der Waals surface area contributed by atoms with Crippen molar-refractivity contribution in [3.8, 4) is 11.5 Å². The van der Waals surface area contributed by atoms with Crippen LogP contribution >= 0.6 is 22.7 Å². The van der Waals surface area contributed by atoms with Crippen LogP contribution in [0.2, 0.25) is 0 Å². The molecule has 1 N–H and O–H groups in total. The van der Waals surface area contributed by atoms with Gasteiger partial charge >= 0.3 is 0 Å². The summed E-state index contributed by atoms with van der Waals surface area (Å²) >= 11 is 3.07. The molecule has 8 heteroatoms. The van der Waals surface area contributed by atoms with Crippen LogP contribution in [0.3, 0.4) is 0 Å². The third-order valence-corrected chi connectivity index (χ3v) is 7.83. The number of nitrogens with one attached hydrogen (secondary N) is 1. The number of rotatable bonds is 7. The predicted octanol–water partition coefficient (Wildman–Crippen LogP) is 5.12. The highest BCUT2D eigenvalue weighted by Crippen LogP contribution is 2.45. The highest BCUT2D eigenvalue weighted by Gasteiger charge is 2.32. The molecule has 1 fully saturated rings. The van der Waals surface area contributed by atoms with E-state index in [1.165, 1.54) is 21.8 Å². The number of hydrogen-bond donors (Lipinski definition) is 1. The molecular weight excluding hydrogens is 444 g/mol. The molecule has 0 spiro atoms. The largest absolute Gasteiger partial charge is 0.497 e. The fraction of sp³-hybridized carbons (Fsp3) is 0.375. The maximum absolute atomic E-state index is 12.9. The van der Waals surface area contributed by atoms with Gasteiger partial charge in [-0.1, -0.05) is 6.07 Å². The van der Waals surface area contributed by atoms with Crippen LogP contribution in [0.15, 0.2) is 35.7 Å². The first kappa shape index (κ1) is 22.8. The summed E-state index contributed by atoms with van der Waals surface area (Å²) < 4.78 is 16.8. The second kappa shape index (κ2) is 10.0. The van der Waals surface area contributed by atoms with Gasteiger partial charge in [0.25, 0.3) is 5.91 Å². The maximum atomic E-state index is 12.9. The van der Waals surface area contributed by atoms with Crippen LogP contribution in [-0.2, 0) is 4.74 Å². The SMILES string of the molecule is COc1ccc([C@@H](c2c(NC(=O)c3cccs3)sc(C)c2C)N2CCOCC2)c(OC)c1. The molecule has 32 heavy (non-hydrogen) atoms. The number of hydrogen-bond acceptors (Lipinski definition) is 7. The molecule has 4 rings (SSSR count). The molecule has 6 nitrogen and oxygen atoms in total. The number of thiophene rings is 2. The van der Waals surface area contributed by atoms with Gasteiger partial charge in [0.2, 0.25) is 0 Å². The van der Waals surface area contributed by atoms with Crippen LogP contribution in [0.4, 0.5) is 5.00 Å². The minimum Gasteiger partial charge on any atom is -0.497 e. The summed E-state index contributed by atoms with van der Waals surface area (Å²) in [5.74, 6) is 1.43. The van der Waals surface area contributed by atoms with E-state index in [4.69, 9.17) is 14.2 Å². The van der Waals surface area contributed by atoms with E-state index in [9.17, 15) is 4.79 Å². The van der Waals surface area contributed by atoms with E-state index in [-0.39, 0.29) is 11.9 Å². The van der Waals surface area contributed by atoms with Gasteiger partial charge in [0.05, 0.1) is 38.4 Å². The van der Waals surface area contributed by atoms with Gasteiger partial charge in [0.1, 0.15) is 16.5 Å². The Bertz CT molecular complexity index is 1070. The molecule has 1 saturated heterocycles. The molecule has 1 aromatic carbocycles. The van der Waals surface area contributed by atoms with Crippen LogP contribution in [0, 0.1) is 13.8 Å². The van der Waals surface area contributed by atoms with Crippen molar-refractivity contribution in [1.29, 1.82) is 0 Å². The Morgan fingerprint density at radius 1 is 1.16 bits per heavy atom. The molecule has 1 aliphatic rings. The van der Waals surface area contributed by atoms with Gasteiger partial charge in [0.15, 0.2) is 0 Å². The van der Waals surface area contributed by atoms with E-state index < -0.39 is 0 Å². The summed E-state index contributed by atoms with van der Waals surface area (Å²) in [5.41, 5.74) is 3.34. The van der Waals surface area contributed by atoms with Crippen LogP contribution in [-0.4, -0.2) is 51.3 Å². The fourth-order valence-electron chi connectivity index (χ4n) is 4.05. The second-order valence-corrected chi connectivity index (χ2v) is 9.79. The molecule has 2 aromatic heterocycles. The van der Waals surface area contributed by atoms with Gasteiger partial charge < -0.3 is 19.5 Å². The number of nitrogens with zero attached hydrogens (tertiary/aromatic N) is 1. The maximum Gasteiger partial charge on any atom is 0.266 e. The predicted molar refractivity (Wildman–Crippen MR) is 130 cm³/mol. The zero-order chi connectivity index (χ0) is 22.7. The highest BCUT2D eigenvalue weighted by atomic mass is 32.1. The van der Waals surface area contributed by atoms with Crippen molar-refractivity contribution in [2.24, 2.45) is 0 Å². The normalized spacial score (nSPS) is 15.4. The van der Waals surface area contributed by atoms with Crippen molar-refractivity contribution in [3.63, 3.8) is 0 Å². The van der Waals surface area contributed by atoms with Gasteiger partial charge in [-0.15, -0.1) is 22.7 Å². The number of benzene rings is 1. The van der Waals surface area contributed by atoms with Crippen molar-refractivity contribution in [3.05, 3.63) is 62.2 Å². The lowest BCUT2D eigenvalue weighted by Gasteiger charge is -2.36. The number of carbonyl (C=O) groups is 1. The molecule has 3 aromatic rings. The molecule has 1 amide bonds. The van der Waals surface area contributed by atoms with Crippen LogP contribution < -0.4 is 14.8 Å². The molecule has 3 heterocycles. The molecule has 0 radical (unpaired) electrons. The number of carbonyl (C=O) groups excluding carboxylic acids is 1. The van der Waals surface area contributed by atoms with Crippen molar-refractivity contribution in [1.82, 2.24) is 4.90 Å². The third-order valence-electron chi connectivity index (χ3n) is 5.82. The highest BCUT2D eigenvalue weighted by molar-refractivity contribution is 7.17. The quantitative estimate of drug-likeness (QED) is 0.517. The van der Waals surface area contributed by atoms with Gasteiger partial charge in [0, 0.05) is 35.2 Å². The van der Waals surface area contributed by atoms with E-state index in [1.54, 1.807) is 25.6 Å². The summed E-state index contributed by atoms with van der Waals surface area (Å²) in [6, 6.07) is 9.60. The minimum atomic E-state index is -0.0802. The average Bonchev–Trinajstić information content (AvgIpc) is 3.45. The zero-order valence-corrected chi connectivity index (χ0v) is 20.4. The van der Waals surface area contributed by atoms with Gasteiger partial charge in [-0.05, 0) is 43.0 Å². The topological polar surface area (TPSA) is 60.0 Å². The smallest absolute Gasteiger partial charge is 0.266 e. The molecule has 1 atom stereocenters. The van der Waals surface area contributed by atoms with Crippen LogP contribution in [0.5, 0.6) is 11.5 Å². The number of methoxy groups -OCH3 is 2. The Morgan fingerprint density at radius 3 is 2.59 bits per heavy atom. The Morgan fingerprint density at radius 2 is 1.94 bits per heavy atom. The van der Waals surface area contributed by atoms with Gasteiger partial charge in [-0.25, -0.2) is 0 Å². The Labute approximate surface area is 196 Å². The van der Waals surface area contributed by atoms with Crippen LogP contribution in [0.1, 0.15) is 37.3 Å². The van der Waals surface area contributed by atoms with Crippen molar-refractivity contribution >= 4 is 33.6 Å². The van der Waals surface area contributed by atoms with Crippen LogP contribution in [0.25, 0.3) is 0 Å². The van der Waals surface area contributed by atoms with Crippen molar-refractivity contribution in [2.45, 2.75) is 19.9 Å². The van der Waals surface area contributed by atoms with Gasteiger partial charge in [-0.3, -0.25) is 9.69 Å². The fourth-order valence-corrected chi connectivity index (χ4v) is 5.76. The Kier molecular flexibility index (Phi) is 7.15. The first-order valence-electron chi connectivity index (χ1n) is 10.5. The van der Waals surface area contributed by atoms with Crippen molar-refractivity contribution in [2.75, 3.05) is 45.8 Å². The summed E-state index contributed by atoms with van der Waals surface area (Å²) in [7, 11) is 3.33. The van der Waals surface area contributed by atoms with Crippen molar-refractivity contribution < 1.29 is 19.0 Å². The summed E-state index contributed by atoms with van der Waals surface area (Å²) in [6.45, 7) is 7.18. The molecule has 0 unspecified atom stereocenters. The van der Waals surface area contributed by atoms with E-state index >= 15 is 0 Å². The van der Waals surface area contributed by atoms with E-state index in [0.29, 0.717) is 18.1 Å². The third kappa shape index (κ3) is 4.54. The number of ether oxygens (including phenoxy) is 3. The summed E-state index contributed by atoms with van der Waals surface area (Å²) in [6.07, 6.45) is 0. The average molecular weight is 473 g/mol. The molecule has 0 saturated carbocycles. The van der Waals surface area contributed by atoms with E-state index in [1.807, 2.05) is 29.6 Å². The monoisotopic (exact) mass is 472 g/mol. The first-order valence-corrected chi connectivity index (χ1v) is 12.2. The Balaban J connectivity index is 1.82. The van der Waals surface area contributed by atoms with E-state index in [0.717, 1.165) is 40.7 Å². The number of aryl methyl sites for hydroxylation is 1.